The average molecular weight is 459 g/mol. The van der Waals surface area contributed by atoms with E-state index in [1.54, 1.807) is 55.8 Å². The molecule has 4 N–H and O–H groups in total. The molecule has 1 aliphatic rings. The SMILES string of the molecule is CNc1cc(Nc2cccn(-c3ccccn3)c2=O)nn2c(C(=O)NC3CCNC3=O)cnc12. The molecule has 2 amide bonds. The van der Waals surface area contributed by atoms with Crippen LogP contribution < -0.4 is 26.8 Å². The second-order valence-electron chi connectivity index (χ2n) is 7.59. The second-order valence-corrected chi connectivity index (χ2v) is 7.59. The Morgan fingerprint density at radius 1 is 1.15 bits per heavy atom. The van der Waals surface area contributed by atoms with Gasteiger partial charge in [0.25, 0.3) is 11.5 Å². The first-order valence-corrected chi connectivity index (χ1v) is 10.6. The lowest BCUT2D eigenvalue weighted by atomic mass is 10.2. The molecule has 12 heteroatoms. The second kappa shape index (κ2) is 8.65. The van der Waals surface area contributed by atoms with Gasteiger partial charge in [0.2, 0.25) is 5.91 Å². The molecule has 0 aromatic carbocycles. The molecule has 5 rings (SSSR count). The molecule has 34 heavy (non-hydrogen) atoms. The summed E-state index contributed by atoms with van der Waals surface area (Å²) in [6.45, 7) is 0.514. The third-order valence-electron chi connectivity index (χ3n) is 5.43. The van der Waals surface area contributed by atoms with Crippen LogP contribution in [-0.4, -0.2) is 55.6 Å². The van der Waals surface area contributed by atoms with E-state index in [9.17, 15) is 14.4 Å². The lowest BCUT2D eigenvalue weighted by Gasteiger charge is -2.12. The van der Waals surface area contributed by atoms with Gasteiger partial charge in [-0.15, -0.1) is 5.10 Å². The minimum atomic E-state index is -0.600. The molecule has 1 atom stereocenters. The summed E-state index contributed by atoms with van der Waals surface area (Å²) in [5.41, 5.74) is 1.14. The fourth-order valence-electron chi connectivity index (χ4n) is 3.74. The van der Waals surface area contributed by atoms with Gasteiger partial charge in [0.1, 0.15) is 17.5 Å². The summed E-state index contributed by atoms with van der Waals surface area (Å²) < 4.78 is 2.79. The van der Waals surface area contributed by atoms with Crippen molar-refractivity contribution < 1.29 is 9.59 Å². The quantitative estimate of drug-likeness (QED) is 0.329. The summed E-state index contributed by atoms with van der Waals surface area (Å²) in [5, 5.41) is 15.9. The molecule has 0 saturated carbocycles. The maximum atomic E-state index is 13.0. The Kier molecular flexibility index (Phi) is 5.38. The molecule has 1 fully saturated rings. The topological polar surface area (TPSA) is 147 Å². The van der Waals surface area contributed by atoms with Crippen LogP contribution in [0.25, 0.3) is 11.5 Å². The normalized spacial score (nSPS) is 15.2. The summed E-state index contributed by atoms with van der Waals surface area (Å²) in [7, 11) is 1.72. The molecule has 172 valence electrons. The smallest absolute Gasteiger partial charge is 0.279 e. The monoisotopic (exact) mass is 459 g/mol. The average Bonchev–Trinajstić information content (AvgIpc) is 3.46. The summed E-state index contributed by atoms with van der Waals surface area (Å²) in [6.07, 6.45) is 5.14. The van der Waals surface area contributed by atoms with Gasteiger partial charge >= 0.3 is 0 Å². The van der Waals surface area contributed by atoms with Crippen molar-refractivity contribution in [3.63, 3.8) is 0 Å². The number of nitrogens with zero attached hydrogens (tertiary/aromatic N) is 5. The van der Waals surface area contributed by atoms with Crippen LogP contribution in [0.3, 0.4) is 0 Å². The zero-order valence-corrected chi connectivity index (χ0v) is 18.1. The van der Waals surface area contributed by atoms with Crippen molar-refractivity contribution in [1.29, 1.82) is 0 Å². The number of fused-ring (bicyclic) bond motifs is 1. The molecule has 0 bridgehead atoms. The number of carbonyl (C=O) groups excluding carboxylic acids is 2. The van der Waals surface area contributed by atoms with Gasteiger partial charge in [-0.1, -0.05) is 6.07 Å². The Morgan fingerprint density at radius 2 is 2.03 bits per heavy atom. The van der Waals surface area contributed by atoms with E-state index < -0.39 is 11.9 Å². The van der Waals surface area contributed by atoms with Crippen LogP contribution >= 0.6 is 0 Å². The van der Waals surface area contributed by atoms with Crippen molar-refractivity contribution in [3.05, 3.63) is 71.0 Å². The number of anilines is 3. The first kappa shape index (κ1) is 21.1. The summed E-state index contributed by atoms with van der Waals surface area (Å²) in [4.78, 5) is 46.3. The van der Waals surface area contributed by atoms with E-state index in [-0.39, 0.29) is 22.8 Å². The van der Waals surface area contributed by atoms with Crippen molar-refractivity contribution in [1.82, 2.24) is 34.8 Å². The molecule has 1 aliphatic heterocycles. The summed E-state index contributed by atoms with van der Waals surface area (Å²) in [5.74, 6) is 0.110. The maximum absolute atomic E-state index is 13.0. The predicted molar refractivity (Wildman–Crippen MR) is 125 cm³/mol. The predicted octanol–water partition coefficient (Wildman–Crippen LogP) is 0.679. The molecule has 1 saturated heterocycles. The molecule has 12 nitrogen and oxygen atoms in total. The molecule has 4 aromatic rings. The van der Waals surface area contributed by atoms with E-state index in [4.69, 9.17) is 0 Å². The van der Waals surface area contributed by atoms with Gasteiger partial charge in [0.15, 0.2) is 17.2 Å². The van der Waals surface area contributed by atoms with Crippen LogP contribution in [0.4, 0.5) is 17.2 Å². The van der Waals surface area contributed by atoms with Crippen LogP contribution in [0.5, 0.6) is 0 Å². The number of amides is 2. The van der Waals surface area contributed by atoms with Gasteiger partial charge in [-0.25, -0.2) is 14.5 Å². The highest BCUT2D eigenvalue weighted by Gasteiger charge is 2.27. The number of aromatic nitrogens is 5. The number of nitrogens with one attached hydrogen (secondary N) is 4. The Morgan fingerprint density at radius 3 is 2.76 bits per heavy atom. The highest BCUT2D eigenvalue weighted by atomic mass is 16.2. The molecule has 0 radical (unpaired) electrons. The third-order valence-corrected chi connectivity index (χ3v) is 5.43. The van der Waals surface area contributed by atoms with E-state index in [0.29, 0.717) is 35.9 Å². The van der Waals surface area contributed by atoms with E-state index in [0.717, 1.165) is 0 Å². The van der Waals surface area contributed by atoms with Gasteiger partial charge in [0, 0.05) is 32.1 Å². The molecule has 4 aromatic heterocycles. The zero-order valence-electron chi connectivity index (χ0n) is 18.1. The van der Waals surface area contributed by atoms with Crippen molar-refractivity contribution in [2.75, 3.05) is 24.2 Å². The zero-order chi connectivity index (χ0) is 23.7. The van der Waals surface area contributed by atoms with Gasteiger partial charge < -0.3 is 21.3 Å². The number of imidazole rings is 1. The van der Waals surface area contributed by atoms with Gasteiger partial charge in [-0.3, -0.25) is 19.0 Å². The first-order chi connectivity index (χ1) is 16.5. The van der Waals surface area contributed by atoms with Crippen LogP contribution in [0.15, 0.2) is 59.8 Å². The Balaban J connectivity index is 1.50. The summed E-state index contributed by atoms with van der Waals surface area (Å²) in [6, 6.07) is 9.74. The van der Waals surface area contributed by atoms with Crippen molar-refractivity contribution >= 4 is 34.7 Å². The Hall–Kier alpha value is -4.74. The molecule has 0 aliphatic carbocycles. The molecule has 5 heterocycles. The molecule has 0 spiro atoms. The highest BCUT2D eigenvalue weighted by molar-refractivity contribution is 5.97. The Bertz CT molecular complexity index is 1450. The van der Waals surface area contributed by atoms with Crippen molar-refractivity contribution in [2.45, 2.75) is 12.5 Å². The van der Waals surface area contributed by atoms with E-state index in [1.807, 2.05) is 0 Å². The first-order valence-electron chi connectivity index (χ1n) is 10.6. The fraction of sp³-hybridized carbons (Fsp3) is 0.182. The van der Waals surface area contributed by atoms with Crippen LogP contribution in [0, 0.1) is 0 Å². The lowest BCUT2D eigenvalue weighted by Crippen LogP contribution is -2.40. The number of hydrogen-bond donors (Lipinski definition) is 4. The van der Waals surface area contributed by atoms with E-state index in [2.05, 4.69) is 36.3 Å². The van der Waals surface area contributed by atoms with Crippen LogP contribution in [0.1, 0.15) is 16.9 Å². The summed E-state index contributed by atoms with van der Waals surface area (Å²) >= 11 is 0. The maximum Gasteiger partial charge on any atom is 0.279 e. The van der Waals surface area contributed by atoms with Crippen LogP contribution in [-0.2, 0) is 4.79 Å². The molecular weight excluding hydrogens is 438 g/mol. The van der Waals surface area contributed by atoms with Gasteiger partial charge in [-0.05, 0) is 30.7 Å². The van der Waals surface area contributed by atoms with Crippen LogP contribution in [0.2, 0.25) is 0 Å². The lowest BCUT2D eigenvalue weighted by molar-refractivity contribution is -0.120. The minimum Gasteiger partial charge on any atom is -0.385 e. The van der Waals surface area contributed by atoms with Gasteiger partial charge in [-0.2, -0.15) is 0 Å². The molecular formula is C22H21N9O3. The highest BCUT2D eigenvalue weighted by Crippen LogP contribution is 2.22. The standard InChI is InChI=1S/C22H21N9O3/c1-23-15-11-17(27-14-5-4-10-30(22(14)34)18-6-2-3-8-24-18)29-31-16(12-26-19(15)31)21(33)28-13-7-9-25-20(13)32/h2-6,8,10-13,23H,7,9H2,1H3,(H,25,32)(H,27,29)(H,28,33). The van der Waals surface area contributed by atoms with Crippen molar-refractivity contribution in [2.24, 2.45) is 0 Å². The number of rotatable bonds is 6. The van der Waals surface area contributed by atoms with E-state index in [1.165, 1.54) is 15.3 Å². The number of hydrogen-bond acceptors (Lipinski definition) is 8. The number of pyridine rings is 2. The van der Waals surface area contributed by atoms with Crippen molar-refractivity contribution in [3.8, 4) is 5.82 Å². The third kappa shape index (κ3) is 3.81. The minimum absolute atomic E-state index is 0.161. The molecule has 1 unspecified atom stereocenters. The fourth-order valence-corrected chi connectivity index (χ4v) is 3.74. The number of carbonyl (C=O) groups is 2. The van der Waals surface area contributed by atoms with E-state index >= 15 is 0 Å². The van der Waals surface area contributed by atoms with Gasteiger partial charge in [0.05, 0.1) is 11.9 Å². The Labute approximate surface area is 193 Å². The largest absolute Gasteiger partial charge is 0.385 e.